The van der Waals surface area contributed by atoms with Gasteiger partial charge in [0.1, 0.15) is 0 Å². The number of rotatable bonds is 10. The largest absolute Gasteiger partial charge is 0.493 e. The number of benzene rings is 2. The second-order valence-electron chi connectivity index (χ2n) is 6.29. The minimum absolute atomic E-state index is 0.226. The monoisotopic (exact) mass is 386 g/mol. The number of hydrogen-bond donors (Lipinski definition) is 1. The van der Waals surface area contributed by atoms with Crippen LogP contribution in [0.2, 0.25) is 0 Å². The molecule has 28 heavy (non-hydrogen) atoms. The molecule has 0 atom stereocenters. The molecule has 0 fully saturated rings. The zero-order valence-corrected chi connectivity index (χ0v) is 17.4. The van der Waals surface area contributed by atoms with E-state index < -0.39 is 0 Å². The SMILES string of the molecule is CCN(CC)Cc1ccccc1CNC(=O)c1ccc(OC)c(OC)c1OC. The van der Waals surface area contributed by atoms with Crippen LogP contribution in [0.3, 0.4) is 0 Å². The van der Waals surface area contributed by atoms with Crippen molar-refractivity contribution in [3.63, 3.8) is 0 Å². The van der Waals surface area contributed by atoms with Crippen molar-refractivity contribution in [1.29, 1.82) is 0 Å². The van der Waals surface area contributed by atoms with Crippen LogP contribution in [0.4, 0.5) is 0 Å². The van der Waals surface area contributed by atoms with E-state index in [1.807, 2.05) is 18.2 Å². The molecule has 0 saturated heterocycles. The Hall–Kier alpha value is -2.73. The van der Waals surface area contributed by atoms with Crippen molar-refractivity contribution in [3.8, 4) is 17.2 Å². The van der Waals surface area contributed by atoms with Gasteiger partial charge in [-0.1, -0.05) is 38.1 Å². The van der Waals surface area contributed by atoms with E-state index >= 15 is 0 Å². The lowest BCUT2D eigenvalue weighted by Gasteiger charge is -2.20. The third-order valence-electron chi connectivity index (χ3n) is 4.79. The molecule has 0 aromatic heterocycles. The third kappa shape index (κ3) is 4.95. The third-order valence-corrected chi connectivity index (χ3v) is 4.79. The first-order valence-corrected chi connectivity index (χ1v) is 9.45. The van der Waals surface area contributed by atoms with Gasteiger partial charge in [-0.15, -0.1) is 0 Å². The van der Waals surface area contributed by atoms with Gasteiger partial charge >= 0.3 is 0 Å². The van der Waals surface area contributed by atoms with E-state index in [0.29, 0.717) is 29.4 Å². The molecule has 0 bridgehead atoms. The molecule has 0 aliphatic rings. The molecular weight excluding hydrogens is 356 g/mol. The Morgan fingerprint density at radius 2 is 1.54 bits per heavy atom. The summed E-state index contributed by atoms with van der Waals surface area (Å²) >= 11 is 0. The molecule has 2 aromatic carbocycles. The van der Waals surface area contributed by atoms with Crippen LogP contribution in [0.5, 0.6) is 17.2 Å². The first-order chi connectivity index (χ1) is 13.6. The number of ether oxygens (including phenoxy) is 3. The Balaban J connectivity index is 2.19. The van der Waals surface area contributed by atoms with Gasteiger partial charge in [0.25, 0.3) is 5.91 Å². The summed E-state index contributed by atoms with van der Waals surface area (Å²) in [5.41, 5.74) is 2.72. The maximum atomic E-state index is 12.8. The van der Waals surface area contributed by atoms with E-state index in [1.54, 1.807) is 19.2 Å². The van der Waals surface area contributed by atoms with Gasteiger partial charge in [0.15, 0.2) is 11.5 Å². The minimum Gasteiger partial charge on any atom is -0.493 e. The fraction of sp³-hybridized carbons (Fsp3) is 0.409. The molecule has 1 amide bonds. The predicted molar refractivity (Wildman–Crippen MR) is 110 cm³/mol. The second-order valence-corrected chi connectivity index (χ2v) is 6.29. The molecule has 2 aromatic rings. The lowest BCUT2D eigenvalue weighted by atomic mass is 10.1. The maximum absolute atomic E-state index is 12.8. The highest BCUT2D eigenvalue weighted by molar-refractivity contribution is 5.98. The quantitative estimate of drug-likeness (QED) is 0.677. The van der Waals surface area contributed by atoms with Crippen molar-refractivity contribution in [1.82, 2.24) is 10.2 Å². The highest BCUT2D eigenvalue weighted by atomic mass is 16.5. The van der Waals surface area contributed by atoms with E-state index in [9.17, 15) is 4.79 Å². The van der Waals surface area contributed by atoms with Crippen LogP contribution in [0.15, 0.2) is 36.4 Å². The first-order valence-electron chi connectivity index (χ1n) is 9.45. The van der Waals surface area contributed by atoms with Crippen molar-refractivity contribution in [2.45, 2.75) is 26.9 Å². The normalized spacial score (nSPS) is 10.6. The zero-order valence-electron chi connectivity index (χ0n) is 17.4. The first kappa shape index (κ1) is 21.6. The summed E-state index contributed by atoms with van der Waals surface area (Å²) in [6.45, 7) is 7.57. The van der Waals surface area contributed by atoms with Crippen LogP contribution in [0, 0.1) is 0 Å². The summed E-state index contributed by atoms with van der Waals surface area (Å²) in [6, 6.07) is 11.6. The summed E-state index contributed by atoms with van der Waals surface area (Å²) < 4.78 is 16.1. The average Bonchev–Trinajstić information content (AvgIpc) is 2.74. The van der Waals surface area contributed by atoms with Crippen molar-refractivity contribution < 1.29 is 19.0 Å². The van der Waals surface area contributed by atoms with Crippen LogP contribution < -0.4 is 19.5 Å². The van der Waals surface area contributed by atoms with Gasteiger partial charge in [-0.3, -0.25) is 9.69 Å². The number of nitrogens with one attached hydrogen (secondary N) is 1. The minimum atomic E-state index is -0.226. The molecule has 6 heteroatoms. The number of carbonyl (C=O) groups is 1. The molecule has 0 aliphatic heterocycles. The van der Waals surface area contributed by atoms with Crippen molar-refractivity contribution in [3.05, 3.63) is 53.1 Å². The van der Waals surface area contributed by atoms with Crippen molar-refractivity contribution in [2.75, 3.05) is 34.4 Å². The van der Waals surface area contributed by atoms with Crippen LogP contribution in [-0.2, 0) is 13.1 Å². The molecule has 0 unspecified atom stereocenters. The Labute approximate surface area is 167 Å². The molecule has 0 spiro atoms. The molecule has 0 aliphatic carbocycles. The number of amides is 1. The summed E-state index contributed by atoms with van der Waals surface area (Å²) in [5.74, 6) is 1.05. The van der Waals surface area contributed by atoms with Crippen LogP contribution in [-0.4, -0.2) is 45.2 Å². The molecule has 0 radical (unpaired) electrons. The standard InChI is InChI=1S/C22H30N2O4/c1-6-24(7-2)15-17-11-9-8-10-16(17)14-23-22(25)18-12-13-19(26-3)21(28-5)20(18)27-4/h8-13H,6-7,14-15H2,1-5H3,(H,23,25). The van der Waals surface area contributed by atoms with E-state index in [-0.39, 0.29) is 5.91 Å². The van der Waals surface area contributed by atoms with E-state index in [0.717, 1.165) is 25.2 Å². The van der Waals surface area contributed by atoms with E-state index in [4.69, 9.17) is 14.2 Å². The van der Waals surface area contributed by atoms with E-state index in [1.165, 1.54) is 19.8 Å². The molecule has 1 N–H and O–H groups in total. The Bertz CT molecular complexity index is 788. The Morgan fingerprint density at radius 1 is 0.893 bits per heavy atom. The molecular formula is C22H30N2O4. The lowest BCUT2D eigenvalue weighted by molar-refractivity contribution is 0.0947. The Kier molecular flexibility index (Phi) is 8.14. The molecule has 152 valence electrons. The summed E-state index contributed by atoms with van der Waals surface area (Å²) in [5, 5.41) is 2.99. The van der Waals surface area contributed by atoms with Crippen LogP contribution in [0.1, 0.15) is 35.3 Å². The van der Waals surface area contributed by atoms with Gasteiger partial charge in [-0.05, 0) is 36.3 Å². The summed E-state index contributed by atoms with van der Waals surface area (Å²) in [4.78, 5) is 15.2. The van der Waals surface area contributed by atoms with Crippen molar-refractivity contribution in [2.24, 2.45) is 0 Å². The fourth-order valence-electron chi connectivity index (χ4n) is 3.12. The van der Waals surface area contributed by atoms with Gasteiger partial charge in [0, 0.05) is 13.1 Å². The molecule has 2 rings (SSSR count). The number of hydrogen-bond acceptors (Lipinski definition) is 5. The van der Waals surface area contributed by atoms with Gasteiger partial charge in [-0.2, -0.15) is 0 Å². The van der Waals surface area contributed by atoms with Gasteiger partial charge in [0.2, 0.25) is 5.75 Å². The zero-order chi connectivity index (χ0) is 20.5. The molecule has 6 nitrogen and oxygen atoms in total. The number of methoxy groups -OCH3 is 3. The predicted octanol–water partition coefficient (Wildman–Crippen LogP) is 3.48. The smallest absolute Gasteiger partial charge is 0.255 e. The van der Waals surface area contributed by atoms with Gasteiger partial charge in [0.05, 0.1) is 26.9 Å². The van der Waals surface area contributed by atoms with Crippen LogP contribution >= 0.6 is 0 Å². The number of nitrogens with zero attached hydrogens (tertiary/aromatic N) is 1. The lowest BCUT2D eigenvalue weighted by Crippen LogP contribution is -2.26. The van der Waals surface area contributed by atoms with Gasteiger partial charge < -0.3 is 19.5 Å². The van der Waals surface area contributed by atoms with Crippen molar-refractivity contribution >= 4 is 5.91 Å². The summed E-state index contributed by atoms with van der Waals surface area (Å²) in [6.07, 6.45) is 0. The van der Waals surface area contributed by atoms with Gasteiger partial charge in [-0.25, -0.2) is 0 Å². The molecule has 0 saturated carbocycles. The highest BCUT2D eigenvalue weighted by Crippen LogP contribution is 2.39. The van der Waals surface area contributed by atoms with E-state index in [2.05, 4.69) is 30.1 Å². The topological polar surface area (TPSA) is 60.0 Å². The number of carbonyl (C=O) groups excluding carboxylic acids is 1. The maximum Gasteiger partial charge on any atom is 0.255 e. The molecule has 0 heterocycles. The van der Waals surface area contributed by atoms with Crippen LogP contribution in [0.25, 0.3) is 0 Å². The highest BCUT2D eigenvalue weighted by Gasteiger charge is 2.20. The Morgan fingerprint density at radius 3 is 2.11 bits per heavy atom. The summed E-state index contributed by atoms with van der Waals surface area (Å²) in [7, 11) is 4.57. The fourth-order valence-corrected chi connectivity index (χ4v) is 3.12. The average molecular weight is 386 g/mol. The second kappa shape index (κ2) is 10.6.